The molecule has 4 rings (SSSR count). The highest BCUT2D eigenvalue weighted by atomic mass is 32.1. The molecule has 2 heterocycles. The molecule has 1 amide bonds. The van der Waals surface area contributed by atoms with Crippen LogP contribution in [0.3, 0.4) is 0 Å². The Labute approximate surface area is 149 Å². The molecule has 1 aliphatic carbocycles. The number of hydrogen-bond donors (Lipinski definition) is 1. The number of amides is 1. The Bertz CT molecular complexity index is 813. The van der Waals surface area contributed by atoms with Crippen molar-refractivity contribution in [3.63, 3.8) is 0 Å². The van der Waals surface area contributed by atoms with E-state index in [1.807, 2.05) is 23.6 Å². The van der Waals surface area contributed by atoms with Crippen molar-refractivity contribution in [2.45, 2.75) is 38.5 Å². The Morgan fingerprint density at radius 2 is 2.00 bits per heavy atom. The van der Waals surface area contributed by atoms with E-state index in [2.05, 4.69) is 17.4 Å². The summed E-state index contributed by atoms with van der Waals surface area (Å²) in [6.45, 7) is 0. The van der Waals surface area contributed by atoms with Gasteiger partial charge in [-0.25, -0.2) is 4.98 Å². The molecule has 0 spiro atoms. The van der Waals surface area contributed by atoms with E-state index in [0.717, 1.165) is 21.1 Å². The normalized spacial score (nSPS) is 15.7. The minimum atomic E-state index is 0.145. The zero-order valence-electron chi connectivity index (χ0n) is 13.5. The monoisotopic (exact) mass is 356 g/mol. The van der Waals surface area contributed by atoms with Crippen molar-refractivity contribution in [1.82, 2.24) is 4.98 Å². The topological polar surface area (TPSA) is 42.0 Å². The summed E-state index contributed by atoms with van der Waals surface area (Å²) in [5.41, 5.74) is 2.06. The van der Waals surface area contributed by atoms with Gasteiger partial charge in [0.25, 0.3) is 0 Å². The Morgan fingerprint density at radius 3 is 2.83 bits per heavy atom. The van der Waals surface area contributed by atoms with Gasteiger partial charge in [0, 0.05) is 12.0 Å². The van der Waals surface area contributed by atoms with Crippen LogP contribution >= 0.6 is 22.7 Å². The van der Waals surface area contributed by atoms with Crippen molar-refractivity contribution in [3.05, 3.63) is 35.7 Å². The molecule has 1 aliphatic rings. The standard InChI is InChI=1S/C19H20N2OS2/c22-17(12-13-6-2-1-3-7-13)21-18-14(10-11-23-18)19-20-15-8-4-5-9-16(15)24-19/h4-5,8-11,13H,1-3,6-7,12H2,(H,21,22). The fraction of sp³-hybridized carbons (Fsp3) is 0.368. The maximum absolute atomic E-state index is 12.4. The number of nitrogens with zero attached hydrogens (tertiary/aromatic N) is 1. The predicted molar refractivity (Wildman–Crippen MR) is 103 cm³/mol. The first-order valence-electron chi connectivity index (χ1n) is 8.53. The maximum atomic E-state index is 12.4. The lowest BCUT2D eigenvalue weighted by atomic mass is 9.87. The second kappa shape index (κ2) is 7.03. The smallest absolute Gasteiger partial charge is 0.225 e. The molecule has 0 saturated heterocycles. The number of carbonyl (C=O) groups excluding carboxylic acids is 1. The van der Waals surface area contributed by atoms with Gasteiger partial charge in [0.1, 0.15) is 10.0 Å². The van der Waals surface area contributed by atoms with Crippen LogP contribution in [0.2, 0.25) is 0 Å². The summed E-state index contributed by atoms with van der Waals surface area (Å²) in [5, 5.41) is 7.06. The molecule has 0 unspecified atom stereocenters. The number of nitrogens with one attached hydrogen (secondary N) is 1. The molecule has 0 atom stereocenters. The summed E-state index contributed by atoms with van der Waals surface area (Å²) in [5.74, 6) is 0.705. The molecule has 24 heavy (non-hydrogen) atoms. The first-order chi connectivity index (χ1) is 11.8. The average Bonchev–Trinajstić information content (AvgIpc) is 3.21. The van der Waals surface area contributed by atoms with Crippen LogP contribution in [0.15, 0.2) is 35.7 Å². The van der Waals surface area contributed by atoms with Crippen molar-refractivity contribution < 1.29 is 4.79 Å². The lowest BCUT2D eigenvalue weighted by Crippen LogP contribution is -2.18. The van der Waals surface area contributed by atoms with Crippen molar-refractivity contribution in [2.75, 3.05) is 5.32 Å². The summed E-state index contributed by atoms with van der Waals surface area (Å²) in [4.78, 5) is 17.1. The highest BCUT2D eigenvalue weighted by Crippen LogP contribution is 2.38. The highest BCUT2D eigenvalue weighted by Gasteiger charge is 2.19. The van der Waals surface area contributed by atoms with Gasteiger partial charge >= 0.3 is 0 Å². The molecule has 1 aromatic carbocycles. The van der Waals surface area contributed by atoms with Gasteiger partial charge in [0.05, 0.1) is 10.2 Å². The first-order valence-corrected chi connectivity index (χ1v) is 10.2. The van der Waals surface area contributed by atoms with Crippen molar-refractivity contribution in [3.8, 4) is 10.6 Å². The second-order valence-electron chi connectivity index (χ2n) is 6.41. The molecule has 124 valence electrons. The van der Waals surface area contributed by atoms with Gasteiger partial charge in [-0.15, -0.1) is 22.7 Å². The molecule has 3 nitrogen and oxygen atoms in total. The molecule has 0 aliphatic heterocycles. The van der Waals surface area contributed by atoms with E-state index in [1.165, 1.54) is 36.8 Å². The zero-order chi connectivity index (χ0) is 16.4. The molecule has 5 heteroatoms. The maximum Gasteiger partial charge on any atom is 0.225 e. The van der Waals surface area contributed by atoms with E-state index in [4.69, 9.17) is 4.98 Å². The fourth-order valence-corrected chi connectivity index (χ4v) is 5.26. The molecular weight excluding hydrogens is 336 g/mol. The van der Waals surface area contributed by atoms with Gasteiger partial charge in [-0.1, -0.05) is 31.4 Å². The van der Waals surface area contributed by atoms with Crippen LogP contribution in [0.5, 0.6) is 0 Å². The Kier molecular flexibility index (Phi) is 4.63. The number of carbonyl (C=O) groups is 1. The number of para-hydroxylation sites is 1. The Hall–Kier alpha value is -1.72. The van der Waals surface area contributed by atoms with E-state index in [1.54, 1.807) is 22.7 Å². The highest BCUT2D eigenvalue weighted by molar-refractivity contribution is 7.22. The van der Waals surface area contributed by atoms with Crippen LogP contribution in [0.25, 0.3) is 20.8 Å². The number of benzene rings is 1. The molecule has 1 N–H and O–H groups in total. The lowest BCUT2D eigenvalue weighted by molar-refractivity contribution is -0.117. The largest absolute Gasteiger partial charge is 0.317 e. The van der Waals surface area contributed by atoms with Crippen LogP contribution in [0.1, 0.15) is 38.5 Å². The number of rotatable bonds is 4. The summed E-state index contributed by atoms with van der Waals surface area (Å²) >= 11 is 3.26. The van der Waals surface area contributed by atoms with Gasteiger partial charge in [0.15, 0.2) is 0 Å². The predicted octanol–water partition coefficient (Wildman–Crippen LogP) is 5.93. The van der Waals surface area contributed by atoms with Gasteiger partial charge in [0.2, 0.25) is 5.91 Å². The first kappa shape index (κ1) is 15.8. The lowest BCUT2D eigenvalue weighted by Gasteiger charge is -2.20. The van der Waals surface area contributed by atoms with Crippen LogP contribution in [-0.4, -0.2) is 10.9 Å². The van der Waals surface area contributed by atoms with E-state index in [-0.39, 0.29) is 5.91 Å². The molecule has 2 aromatic heterocycles. The molecule has 0 radical (unpaired) electrons. The van der Waals surface area contributed by atoms with Gasteiger partial charge in [-0.2, -0.15) is 0 Å². The number of aromatic nitrogens is 1. The molecule has 1 saturated carbocycles. The molecular formula is C19H20N2OS2. The fourth-order valence-electron chi connectivity index (χ4n) is 3.39. The number of hydrogen-bond acceptors (Lipinski definition) is 4. The number of thiophene rings is 1. The van der Waals surface area contributed by atoms with E-state index in [9.17, 15) is 4.79 Å². The third kappa shape index (κ3) is 3.37. The average molecular weight is 357 g/mol. The summed E-state index contributed by atoms with van der Waals surface area (Å²) in [7, 11) is 0. The van der Waals surface area contributed by atoms with E-state index in [0.29, 0.717) is 12.3 Å². The van der Waals surface area contributed by atoms with Crippen molar-refractivity contribution in [2.24, 2.45) is 5.92 Å². The number of fused-ring (bicyclic) bond motifs is 1. The third-order valence-electron chi connectivity index (χ3n) is 4.64. The SMILES string of the molecule is O=C(CC1CCCCC1)Nc1sccc1-c1nc2ccccc2s1. The van der Waals surface area contributed by atoms with Crippen LogP contribution in [0, 0.1) is 5.92 Å². The van der Waals surface area contributed by atoms with Crippen LogP contribution in [-0.2, 0) is 4.79 Å². The van der Waals surface area contributed by atoms with Gasteiger partial charge in [-0.05, 0) is 42.3 Å². The minimum Gasteiger partial charge on any atom is -0.317 e. The Morgan fingerprint density at radius 1 is 1.17 bits per heavy atom. The quantitative estimate of drug-likeness (QED) is 0.629. The van der Waals surface area contributed by atoms with Crippen LogP contribution < -0.4 is 5.32 Å². The van der Waals surface area contributed by atoms with Crippen molar-refractivity contribution in [1.29, 1.82) is 0 Å². The zero-order valence-corrected chi connectivity index (χ0v) is 15.1. The van der Waals surface area contributed by atoms with E-state index >= 15 is 0 Å². The van der Waals surface area contributed by atoms with Crippen LogP contribution in [0.4, 0.5) is 5.00 Å². The second-order valence-corrected chi connectivity index (χ2v) is 8.35. The molecule has 1 fully saturated rings. The molecule has 0 bridgehead atoms. The Balaban J connectivity index is 1.50. The summed E-state index contributed by atoms with van der Waals surface area (Å²) in [6.07, 6.45) is 6.91. The number of thiazole rings is 1. The molecule has 3 aromatic rings. The van der Waals surface area contributed by atoms with Crippen molar-refractivity contribution >= 4 is 43.8 Å². The number of anilines is 1. The summed E-state index contributed by atoms with van der Waals surface area (Å²) in [6, 6.07) is 10.2. The van der Waals surface area contributed by atoms with Gasteiger partial charge in [-0.3, -0.25) is 4.79 Å². The van der Waals surface area contributed by atoms with Gasteiger partial charge < -0.3 is 5.32 Å². The van der Waals surface area contributed by atoms with E-state index < -0.39 is 0 Å². The summed E-state index contributed by atoms with van der Waals surface area (Å²) < 4.78 is 1.18. The third-order valence-corrected chi connectivity index (χ3v) is 6.54. The minimum absolute atomic E-state index is 0.145.